The van der Waals surface area contributed by atoms with Gasteiger partial charge in [-0.25, -0.2) is 4.79 Å². The Hall–Kier alpha value is -3.08. The third-order valence-corrected chi connectivity index (χ3v) is 3.09. The summed E-state index contributed by atoms with van der Waals surface area (Å²) in [5.74, 6) is -1.00. The molecule has 0 bridgehead atoms. The van der Waals surface area contributed by atoms with E-state index in [4.69, 9.17) is 5.11 Å². The van der Waals surface area contributed by atoms with E-state index in [1.54, 1.807) is 37.1 Å². The molecule has 0 spiro atoms. The molecule has 21 heavy (non-hydrogen) atoms. The molecule has 1 N–H and O–H groups in total. The van der Waals surface area contributed by atoms with Crippen LogP contribution in [0, 0.1) is 0 Å². The summed E-state index contributed by atoms with van der Waals surface area (Å²) in [6, 6.07) is 7.26. The smallest absolute Gasteiger partial charge is 0.337 e. The first kappa shape index (κ1) is 12.9. The quantitative estimate of drug-likeness (QED) is 0.796. The van der Waals surface area contributed by atoms with Gasteiger partial charge in [0, 0.05) is 53.9 Å². The summed E-state index contributed by atoms with van der Waals surface area (Å²) in [5, 5.41) is 9.08. The summed E-state index contributed by atoms with van der Waals surface area (Å²) in [6.45, 7) is 0. The van der Waals surface area contributed by atoms with Crippen molar-refractivity contribution in [1.29, 1.82) is 0 Å². The second-order valence-corrected chi connectivity index (χ2v) is 4.43. The highest BCUT2D eigenvalue weighted by Crippen LogP contribution is 2.30. The van der Waals surface area contributed by atoms with Crippen LogP contribution >= 0.6 is 0 Å². The fourth-order valence-corrected chi connectivity index (χ4v) is 2.10. The Morgan fingerprint density at radius 2 is 1.67 bits per heavy atom. The highest BCUT2D eigenvalue weighted by Gasteiger charge is 2.10. The molecular formula is C16H11N3O2. The van der Waals surface area contributed by atoms with Crippen molar-refractivity contribution in [2.45, 2.75) is 0 Å². The van der Waals surface area contributed by atoms with Gasteiger partial charge in [0.15, 0.2) is 0 Å². The normalized spacial score (nSPS) is 10.3. The number of carbonyl (C=O) groups is 1. The van der Waals surface area contributed by atoms with E-state index < -0.39 is 5.97 Å². The van der Waals surface area contributed by atoms with Crippen LogP contribution in [0.4, 0.5) is 0 Å². The number of nitrogens with zero attached hydrogens (tertiary/aromatic N) is 3. The molecule has 5 nitrogen and oxygen atoms in total. The summed E-state index contributed by atoms with van der Waals surface area (Å²) in [6.07, 6.45) is 9.81. The monoisotopic (exact) mass is 277 g/mol. The van der Waals surface area contributed by atoms with Crippen molar-refractivity contribution in [3.05, 3.63) is 67.0 Å². The minimum absolute atomic E-state index is 0.147. The number of aromatic nitrogens is 3. The Balaban J connectivity index is 2.16. The first-order chi connectivity index (χ1) is 10.3. The van der Waals surface area contributed by atoms with Crippen LogP contribution in [0.2, 0.25) is 0 Å². The third-order valence-electron chi connectivity index (χ3n) is 3.09. The summed E-state index contributed by atoms with van der Waals surface area (Å²) in [4.78, 5) is 23.3. The van der Waals surface area contributed by atoms with Gasteiger partial charge in [0.1, 0.15) is 0 Å². The van der Waals surface area contributed by atoms with E-state index >= 15 is 0 Å². The van der Waals surface area contributed by atoms with E-state index in [-0.39, 0.29) is 5.56 Å². The van der Waals surface area contributed by atoms with Gasteiger partial charge in [-0.3, -0.25) is 15.0 Å². The molecule has 0 aromatic carbocycles. The molecule has 0 fully saturated rings. The third kappa shape index (κ3) is 2.62. The van der Waals surface area contributed by atoms with Crippen LogP contribution in [-0.4, -0.2) is 26.0 Å². The number of carboxylic acids is 1. The van der Waals surface area contributed by atoms with Gasteiger partial charge in [-0.1, -0.05) is 6.07 Å². The van der Waals surface area contributed by atoms with Crippen molar-refractivity contribution in [2.24, 2.45) is 0 Å². The van der Waals surface area contributed by atoms with Crippen LogP contribution in [0.3, 0.4) is 0 Å². The highest BCUT2D eigenvalue weighted by molar-refractivity contribution is 5.90. The van der Waals surface area contributed by atoms with Crippen LogP contribution in [0.5, 0.6) is 0 Å². The Bertz CT molecular complexity index is 788. The molecule has 0 aliphatic carbocycles. The Morgan fingerprint density at radius 3 is 2.43 bits per heavy atom. The zero-order valence-electron chi connectivity index (χ0n) is 11.0. The molecule has 3 aromatic heterocycles. The van der Waals surface area contributed by atoms with E-state index in [1.165, 1.54) is 6.20 Å². The highest BCUT2D eigenvalue weighted by atomic mass is 16.4. The zero-order valence-corrected chi connectivity index (χ0v) is 11.0. The maximum absolute atomic E-state index is 11.1. The van der Waals surface area contributed by atoms with E-state index in [0.717, 1.165) is 16.7 Å². The molecule has 5 heteroatoms. The van der Waals surface area contributed by atoms with E-state index in [1.807, 2.05) is 18.2 Å². The van der Waals surface area contributed by atoms with Crippen LogP contribution in [0.15, 0.2) is 61.4 Å². The SMILES string of the molecule is O=C(O)c1cncc(-c2cnccc2-c2cccnc2)c1. The molecular weight excluding hydrogens is 266 g/mol. The Morgan fingerprint density at radius 1 is 0.857 bits per heavy atom. The summed E-state index contributed by atoms with van der Waals surface area (Å²) >= 11 is 0. The first-order valence-corrected chi connectivity index (χ1v) is 6.29. The number of carboxylic acid groups (broad SMARTS) is 1. The zero-order chi connectivity index (χ0) is 14.7. The molecule has 102 valence electrons. The van der Waals surface area contributed by atoms with Gasteiger partial charge in [0.25, 0.3) is 0 Å². The predicted octanol–water partition coefficient (Wildman–Crippen LogP) is 2.90. The van der Waals surface area contributed by atoms with Gasteiger partial charge in [-0.05, 0) is 23.8 Å². The van der Waals surface area contributed by atoms with E-state index in [9.17, 15) is 4.79 Å². The summed E-state index contributed by atoms with van der Waals surface area (Å²) in [5.41, 5.74) is 3.55. The largest absolute Gasteiger partial charge is 0.478 e. The van der Waals surface area contributed by atoms with Crippen LogP contribution < -0.4 is 0 Å². The second-order valence-electron chi connectivity index (χ2n) is 4.43. The lowest BCUT2D eigenvalue weighted by molar-refractivity contribution is 0.0696. The topological polar surface area (TPSA) is 76.0 Å². The molecule has 0 saturated carbocycles. The minimum Gasteiger partial charge on any atom is -0.478 e. The van der Waals surface area contributed by atoms with Crippen molar-refractivity contribution in [3.63, 3.8) is 0 Å². The van der Waals surface area contributed by atoms with Crippen molar-refractivity contribution in [3.8, 4) is 22.3 Å². The molecule has 0 saturated heterocycles. The lowest BCUT2D eigenvalue weighted by Crippen LogP contribution is -1.98. The summed E-state index contributed by atoms with van der Waals surface area (Å²) in [7, 11) is 0. The molecule has 0 amide bonds. The van der Waals surface area contributed by atoms with Crippen molar-refractivity contribution >= 4 is 5.97 Å². The fourth-order valence-electron chi connectivity index (χ4n) is 2.10. The van der Waals surface area contributed by atoms with Crippen molar-refractivity contribution < 1.29 is 9.90 Å². The van der Waals surface area contributed by atoms with Gasteiger partial charge >= 0.3 is 5.97 Å². The standard InChI is InChI=1S/C16H11N3O2/c20-16(21)13-6-12(8-19-9-13)15-10-18-5-3-14(15)11-2-1-4-17-7-11/h1-10H,(H,20,21). The average molecular weight is 277 g/mol. The molecule has 0 atom stereocenters. The number of aromatic carboxylic acids is 1. The molecule has 0 unspecified atom stereocenters. The van der Waals surface area contributed by atoms with E-state index in [2.05, 4.69) is 15.0 Å². The first-order valence-electron chi connectivity index (χ1n) is 6.29. The average Bonchev–Trinajstić information content (AvgIpc) is 2.56. The van der Waals surface area contributed by atoms with Gasteiger partial charge < -0.3 is 5.11 Å². The Kier molecular flexibility index (Phi) is 3.39. The molecule has 0 radical (unpaired) electrons. The lowest BCUT2D eigenvalue weighted by atomic mass is 9.98. The second kappa shape index (κ2) is 5.50. The lowest BCUT2D eigenvalue weighted by Gasteiger charge is -2.09. The minimum atomic E-state index is -1.00. The number of pyridine rings is 3. The van der Waals surface area contributed by atoms with Gasteiger partial charge in [-0.15, -0.1) is 0 Å². The van der Waals surface area contributed by atoms with Gasteiger partial charge in [0.05, 0.1) is 5.56 Å². The van der Waals surface area contributed by atoms with Gasteiger partial charge in [0.2, 0.25) is 0 Å². The number of rotatable bonds is 3. The molecule has 0 aliphatic rings. The van der Waals surface area contributed by atoms with Crippen LogP contribution in [0.1, 0.15) is 10.4 Å². The maximum atomic E-state index is 11.1. The molecule has 0 aliphatic heterocycles. The molecule has 3 aromatic rings. The van der Waals surface area contributed by atoms with Gasteiger partial charge in [-0.2, -0.15) is 0 Å². The maximum Gasteiger partial charge on any atom is 0.337 e. The Labute approximate surface area is 121 Å². The molecule has 3 heterocycles. The van der Waals surface area contributed by atoms with Crippen molar-refractivity contribution in [1.82, 2.24) is 15.0 Å². The van der Waals surface area contributed by atoms with Crippen LogP contribution in [0.25, 0.3) is 22.3 Å². The van der Waals surface area contributed by atoms with Crippen LogP contribution in [-0.2, 0) is 0 Å². The van der Waals surface area contributed by atoms with Crippen molar-refractivity contribution in [2.75, 3.05) is 0 Å². The number of hydrogen-bond donors (Lipinski definition) is 1. The summed E-state index contributed by atoms with van der Waals surface area (Å²) < 4.78 is 0. The molecule has 3 rings (SSSR count). The fraction of sp³-hybridized carbons (Fsp3) is 0. The predicted molar refractivity (Wildman–Crippen MR) is 77.7 cm³/mol. The van der Waals surface area contributed by atoms with E-state index in [0.29, 0.717) is 5.56 Å². The number of hydrogen-bond acceptors (Lipinski definition) is 4.